The zero-order valence-electron chi connectivity index (χ0n) is 15.6. The SMILES string of the molecule is Cc1cc(N2CCOCC2)nc(CNS(=O)(=O)c2ccc3ccccc3c2)n1. The molecular formula is C20H22N4O3S. The van der Waals surface area contributed by atoms with E-state index in [0.29, 0.717) is 19.0 Å². The van der Waals surface area contributed by atoms with Crippen molar-refractivity contribution in [3.63, 3.8) is 0 Å². The number of aryl methyl sites for hydroxylation is 1. The van der Waals surface area contributed by atoms with E-state index in [1.165, 1.54) is 0 Å². The molecule has 0 radical (unpaired) electrons. The van der Waals surface area contributed by atoms with E-state index in [4.69, 9.17) is 4.74 Å². The lowest BCUT2D eigenvalue weighted by Crippen LogP contribution is -2.37. The summed E-state index contributed by atoms with van der Waals surface area (Å²) in [6, 6.07) is 14.7. The van der Waals surface area contributed by atoms with Crippen LogP contribution in [0.25, 0.3) is 10.8 Å². The number of morpholine rings is 1. The molecule has 0 saturated carbocycles. The number of ether oxygens (including phenoxy) is 1. The maximum atomic E-state index is 12.7. The van der Waals surface area contributed by atoms with Crippen LogP contribution in [0.15, 0.2) is 53.4 Å². The second-order valence-corrected chi connectivity index (χ2v) is 8.48. The van der Waals surface area contributed by atoms with Gasteiger partial charge in [0.25, 0.3) is 0 Å². The minimum absolute atomic E-state index is 0.0359. The van der Waals surface area contributed by atoms with E-state index in [9.17, 15) is 8.42 Å². The second-order valence-electron chi connectivity index (χ2n) is 6.72. The Hall–Kier alpha value is -2.55. The topological polar surface area (TPSA) is 84.4 Å². The molecule has 0 spiro atoms. The van der Waals surface area contributed by atoms with Crippen LogP contribution in [-0.4, -0.2) is 44.7 Å². The molecular weight excluding hydrogens is 376 g/mol. The number of hydrogen-bond acceptors (Lipinski definition) is 6. The van der Waals surface area contributed by atoms with Gasteiger partial charge in [-0.2, -0.15) is 0 Å². The van der Waals surface area contributed by atoms with E-state index in [2.05, 4.69) is 19.6 Å². The summed E-state index contributed by atoms with van der Waals surface area (Å²) >= 11 is 0. The highest BCUT2D eigenvalue weighted by Gasteiger charge is 2.17. The number of fused-ring (bicyclic) bond motifs is 1. The lowest BCUT2D eigenvalue weighted by molar-refractivity contribution is 0.122. The van der Waals surface area contributed by atoms with Crippen molar-refractivity contribution in [2.45, 2.75) is 18.4 Å². The molecule has 0 unspecified atom stereocenters. The van der Waals surface area contributed by atoms with Crippen LogP contribution in [-0.2, 0) is 21.3 Å². The lowest BCUT2D eigenvalue weighted by atomic mass is 10.1. The molecule has 1 aliphatic rings. The number of anilines is 1. The Morgan fingerprint density at radius 2 is 1.79 bits per heavy atom. The summed E-state index contributed by atoms with van der Waals surface area (Å²) in [6.45, 7) is 4.76. The molecule has 7 nitrogen and oxygen atoms in total. The predicted molar refractivity (Wildman–Crippen MR) is 108 cm³/mol. The molecule has 3 aromatic rings. The molecule has 1 aromatic heterocycles. The van der Waals surface area contributed by atoms with E-state index >= 15 is 0 Å². The third-order valence-electron chi connectivity index (χ3n) is 4.67. The minimum Gasteiger partial charge on any atom is -0.378 e. The molecule has 0 bridgehead atoms. The molecule has 2 heterocycles. The Kier molecular flexibility index (Phi) is 5.25. The molecule has 28 heavy (non-hydrogen) atoms. The first-order chi connectivity index (χ1) is 13.5. The quantitative estimate of drug-likeness (QED) is 0.710. The number of benzene rings is 2. The van der Waals surface area contributed by atoms with Crippen LogP contribution in [0.1, 0.15) is 11.5 Å². The molecule has 0 atom stereocenters. The highest BCUT2D eigenvalue weighted by molar-refractivity contribution is 7.89. The normalized spacial score (nSPS) is 15.1. The van der Waals surface area contributed by atoms with Gasteiger partial charge in [0.05, 0.1) is 24.7 Å². The van der Waals surface area contributed by atoms with Gasteiger partial charge < -0.3 is 9.64 Å². The summed E-state index contributed by atoms with van der Waals surface area (Å²) < 4.78 is 33.4. The number of hydrogen-bond donors (Lipinski definition) is 1. The van der Waals surface area contributed by atoms with Crippen molar-refractivity contribution >= 4 is 26.6 Å². The average molecular weight is 398 g/mol. The van der Waals surface area contributed by atoms with Gasteiger partial charge in [-0.15, -0.1) is 0 Å². The van der Waals surface area contributed by atoms with E-state index in [1.54, 1.807) is 12.1 Å². The summed E-state index contributed by atoms with van der Waals surface area (Å²) in [4.78, 5) is 11.3. The molecule has 1 fully saturated rings. The van der Waals surface area contributed by atoms with E-state index in [0.717, 1.165) is 35.4 Å². The fraction of sp³-hybridized carbons (Fsp3) is 0.300. The molecule has 4 rings (SSSR count). The number of nitrogens with zero attached hydrogens (tertiary/aromatic N) is 3. The Morgan fingerprint density at radius 1 is 1.04 bits per heavy atom. The van der Waals surface area contributed by atoms with Gasteiger partial charge in [0.2, 0.25) is 10.0 Å². The first kappa shape index (κ1) is 18.8. The number of sulfonamides is 1. The summed E-state index contributed by atoms with van der Waals surface area (Å²) in [5.41, 5.74) is 0.802. The minimum atomic E-state index is -3.66. The van der Waals surface area contributed by atoms with Crippen LogP contribution in [0.2, 0.25) is 0 Å². The number of aromatic nitrogens is 2. The molecule has 2 aromatic carbocycles. The highest BCUT2D eigenvalue weighted by atomic mass is 32.2. The molecule has 0 amide bonds. The summed E-state index contributed by atoms with van der Waals surface area (Å²) in [7, 11) is -3.66. The predicted octanol–water partition coefficient (Wildman–Crippen LogP) is 2.25. The summed E-state index contributed by atoms with van der Waals surface area (Å²) in [5, 5.41) is 1.88. The van der Waals surface area contributed by atoms with Crippen molar-refractivity contribution in [2.24, 2.45) is 0 Å². The Labute approximate surface area is 164 Å². The maximum absolute atomic E-state index is 12.7. The summed E-state index contributed by atoms with van der Waals surface area (Å²) in [5.74, 6) is 1.25. The van der Waals surface area contributed by atoms with Crippen LogP contribution in [0, 0.1) is 6.92 Å². The Bertz CT molecular complexity index is 1100. The second kappa shape index (κ2) is 7.83. The van der Waals surface area contributed by atoms with Crippen LogP contribution in [0.3, 0.4) is 0 Å². The molecule has 1 N–H and O–H groups in total. The van der Waals surface area contributed by atoms with Crippen molar-refractivity contribution in [1.29, 1.82) is 0 Å². The first-order valence-electron chi connectivity index (χ1n) is 9.17. The fourth-order valence-electron chi connectivity index (χ4n) is 3.22. The van der Waals surface area contributed by atoms with Crippen molar-refractivity contribution < 1.29 is 13.2 Å². The third-order valence-corrected chi connectivity index (χ3v) is 6.07. The van der Waals surface area contributed by atoms with Gasteiger partial charge in [0, 0.05) is 24.8 Å². The third kappa shape index (κ3) is 4.14. The monoisotopic (exact) mass is 398 g/mol. The van der Waals surface area contributed by atoms with Crippen molar-refractivity contribution in [3.8, 4) is 0 Å². The largest absolute Gasteiger partial charge is 0.378 e. The fourth-order valence-corrected chi connectivity index (χ4v) is 4.24. The standard InChI is InChI=1S/C20H22N4O3S/c1-15-12-20(24-8-10-27-11-9-24)23-19(22-15)14-21-28(25,26)18-7-6-16-4-2-3-5-17(16)13-18/h2-7,12-13,21H,8-11,14H2,1H3. The van der Waals surface area contributed by atoms with Crippen LogP contribution >= 0.6 is 0 Å². The van der Waals surface area contributed by atoms with Crippen molar-refractivity contribution in [1.82, 2.24) is 14.7 Å². The van der Waals surface area contributed by atoms with Crippen LogP contribution in [0.4, 0.5) is 5.82 Å². The van der Waals surface area contributed by atoms with Crippen LogP contribution in [0.5, 0.6) is 0 Å². The van der Waals surface area contributed by atoms with Gasteiger partial charge in [-0.3, -0.25) is 0 Å². The zero-order chi connectivity index (χ0) is 19.6. The smallest absolute Gasteiger partial charge is 0.240 e. The van der Waals surface area contributed by atoms with E-state index in [-0.39, 0.29) is 11.4 Å². The van der Waals surface area contributed by atoms with Crippen molar-refractivity contribution in [2.75, 3.05) is 31.2 Å². The van der Waals surface area contributed by atoms with Crippen LogP contribution < -0.4 is 9.62 Å². The van der Waals surface area contributed by atoms with Gasteiger partial charge in [-0.1, -0.05) is 30.3 Å². The number of nitrogens with one attached hydrogen (secondary N) is 1. The molecule has 1 aliphatic heterocycles. The molecule has 0 aliphatic carbocycles. The van der Waals surface area contributed by atoms with E-state index in [1.807, 2.05) is 43.3 Å². The van der Waals surface area contributed by atoms with Crippen molar-refractivity contribution in [3.05, 3.63) is 60.0 Å². The maximum Gasteiger partial charge on any atom is 0.240 e. The van der Waals surface area contributed by atoms with Gasteiger partial charge >= 0.3 is 0 Å². The highest BCUT2D eigenvalue weighted by Crippen LogP contribution is 2.19. The first-order valence-corrected chi connectivity index (χ1v) is 10.7. The number of rotatable bonds is 5. The Morgan fingerprint density at radius 3 is 2.57 bits per heavy atom. The average Bonchev–Trinajstić information content (AvgIpc) is 2.72. The van der Waals surface area contributed by atoms with Gasteiger partial charge in [-0.25, -0.2) is 23.1 Å². The van der Waals surface area contributed by atoms with Gasteiger partial charge in [0.1, 0.15) is 11.6 Å². The summed E-state index contributed by atoms with van der Waals surface area (Å²) in [6.07, 6.45) is 0. The lowest BCUT2D eigenvalue weighted by Gasteiger charge is -2.28. The zero-order valence-corrected chi connectivity index (χ0v) is 16.4. The van der Waals surface area contributed by atoms with Gasteiger partial charge in [-0.05, 0) is 29.8 Å². The van der Waals surface area contributed by atoms with E-state index < -0.39 is 10.0 Å². The molecule has 8 heteroatoms. The Balaban J connectivity index is 1.53. The molecule has 1 saturated heterocycles. The van der Waals surface area contributed by atoms with Gasteiger partial charge in [0.15, 0.2) is 0 Å². The molecule has 146 valence electrons.